The minimum Gasteiger partial charge on any atom is -0.493 e. The Labute approximate surface area is 179 Å². The molecule has 1 amide bonds. The molecular formula is C23H31ClN2O3. The number of carbonyl (C=O) groups is 1. The second kappa shape index (κ2) is 10.4. The zero-order valence-corrected chi connectivity index (χ0v) is 18.0. The van der Waals surface area contributed by atoms with Crippen LogP contribution in [0.5, 0.6) is 11.5 Å². The quantitative estimate of drug-likeness (QED) is 0.658. The van der Waals surface area contributed by atoms with Gasteiger partial charge in [-0.25, -0.2) is 0 Å². The Balaban J connectivity index is 0.00000300. The van der Waals surface area contributed by atoms with Gasteiger partial charge in [0.05, 0.1) is 20.6 Å². The van der Waals surface area contributed by atoms with Crippen molar-refractivity contribution in [3.63, 3.8) is 0 Å². The summed E-state index contributed by atoms with van der Waals surface area (Å²) >= 11 is 0. The molecule has 0 bridgehead atoms. The summed E-state index contributed by atoms with van der Waals surface area (Å²) in [6.45, 7) is 0.635. The molecule has 2 aromatic rings. The summed E-state index contributed by atoms with van der Waals surface area (Å²) < 4.78 is 10.9. The van der Waals surface area contributed by atoms with Crippen LogP contribution in [-0.2, 0) is 16.6 Å². The molecule has 0 saturated heterocycles. The van der Waals surface area contributed by atoms with Crippen molar-refractivity contribution in [2.45, 2.75) is 43.9 Å². The molecule has 3 rings (SSSR count). The van der Waals surface area contributed by atoms with E-state index in [2.05, 4.69) is 17.4 Å². The lowest BCUT2D eigenvalue weighted by Gasteiger charge is -2.38. The Bertz CT molecular complexity index is 802. The van der Waals surface area contributed by atoms with Gasteiger partial charge in [0, 0.05) is 17.6 Å². The summed E-state index contributed by atoms with van der Waals surface area (Å²) in [6.07, 6.45) is 6.07. The molecule has 3 N–H and O–H groups in total. The fourth-order valence-corrected chi connectivity index (χ4v) is 4.11. The second-order valence-corrected chi connectivity index (χ2v) is 7.61. The van der Waals surface area contributed by atoms with Crippen LogP contribution in [-0.4, -0.2) is 26.7 Å². The maximum Gasteiger partial charge on any atom is 0.224 e. The van der Waals surface area contributed by atoms with E-state index in [-0.39, 0.29) is 23.7 Å². The first-order valence-corrected chi connectivity index (χ1v) is 9.90. The van der Waals surface area contributed by atoms with Crippen molar-refractivity contribution in [3.8, 4) is 11.5 Å². The van der Waals surface area contributed by atoms with E-state index < -0.39 is 0 Å². The lowest BCUT2D eigenvalue weighted by Crippen LogP contribution is -2.42. The van der Waals surface area contributed by atoms with E-state index in [1.165, 1.54) is 24.8 Å². The van der Waals surface area contributed by atoms with Gasteiger partial charge < -0.3 is 20.5 Å². The SMILES string of the molecule is COc1ccc(C2(CNC(=O)Cc3ccc(N)cc3)CCCCC2)cc1OC.Cl. The molecule has 0 atom stereocenters. The van der Waals surface area contributed by atoms with Crippen LogP contribution in [0.3, 0.4) is 0 Å². The van der Waals surface area contributed by atoms with E-state index >= 15 is 0 Å². The number of hydrogen-bond acceptors (Lipinski definition) is 4. The normalized spacial score (nSPS) is 15.1. The van der Waals surface area contributed by atoms with E-state index in [1.54, 1.807) is 14.2 Å². The van der Waals surface area contributed by atoms with Crippen molar-refractivity contribution in [2.24, 2.45) is 0 Å². The van der Waals surface area contributed by atoms with Crippen molar-refractivity contribution in [2.75, 3.05) is 26.5 Å². The third kappa shape index (κ3) is 5.57. The number of anilines is 1. The monoisotopic (exact) mass is 418 g/mol. The molecule has 0 aliphatic heterocycles. The minimum atomic E-state index is -0.0609. The van der Waals surface area contributed by atoms with Crippen LogP contribution < -0.4 is 20.5 Å². The van der Waals surface area contributed by atoms with Gasteiger partial charge in [0.15, 0.2) is 11.5 Å². The number of rotatable bonds is 7. The first-order valence-electron chi connectivity index (χ1n) is 9.90. The van der Waals surface area contributed by atoms with Crippen molar-refractivity contribution < 1.29 is 14.3 Å². The second-order valence-electron chi connectivity index (χ2n) is 7.61. The number of halogens is 1. The van der Waals surface area contributed by atoms with Gasteiger partial charge in [-0.15, -0.1) is 12.4 Å². The number of methoxy groups -OCH3 is 2. The largest absolute Gasteiger partial charge is 0.493 e. The molecule has 158 valence electrons. The summed E-state index contributed by atoms with van der Waals surface area (Å²) in [7, 11) is 3.30. The average molecular weight is 419 g/mol. The minimum absolute atomic E-state index is 0. The summed E-state index contributed by atoms with van der Waals surface area (Å²) in [6, 6.07) is 13.6. The topological polar surface area (TPSA) is 73.6 Å². The van der Waals surface area contributed by atoms with Gasteiger partial charge in [0.25, 0.3) is 0 Å². The summed E-state index contributed by atoms with van der Waals surface area (Å²) in [4.78, 5) is 12.6. The van der Waals surface area contributed by atoms with Crippen LogP contribution in [0.1, 0.15) is 43.2 Å². The molecular weight excluding hydrogens is 388 g/mol. The third-order valence-electron chi connectivity index (χ3n) is 5.77. The van der Waals surface area contributed by atoms with E-state index in [4.69, 9.17) is 15.2 Å². The molecule has 1 aliphatic rings. The third-order valence-corrected chi connectivity index (χ3v) is 5.77. The number of hydrogen-bond donors (Lipinski definition) is 2. The smallest absolute Gasteiger partial charge is 0.224 e. The van der Waals surface area contributed by atoms with E-state index in [0.29, 0.717) is 18.7 Å². The van der Waals surface area contributed by atoms with Crippen LogP contribution in [0.2, 0.25) is 0 Å². The van der Waals surface area contributed by atoms with Gasteiger partial charge in [-0.05, 0) is 48.2 Å². The molecule has 2 aromatic carbocycles. The number of amides is 1. The molecule has 29 heavy (non-hydrogen) atoms. The number of nitrogen functional groups attached to an aromatic ring is 1. The lowest BCUT2D eigenvalue weighted by molar-refractivity contribution is -0.120. The standard InChI is InChI=1S/C23H30N2O3.ClH/c1-27-20-11-8-18(15-21(20)28-2)23(12-4-3-5-13-23)16-25-22(26)14-17-6-9-19(24)10-7-17;/h6-11,15H,3-5,12-14,16,24H2,1-2H3,(H,25,26);1H. The molecule has 0 radical (unpaired) electrons. The summed E-state index contributed by atoms with van der Waals surface area (Å²) in [5.74, 6) is 1.50. The van der Waals surface area contributed by atoms with Crippen molar-refractivity contribution in [3.05, 3.63) is 53.6 Å². The fourth-order valence-electron chi connectivity index (χ4n) is 4.11. The number of carbonyl (C=O) groups excluding carboxylic acids is 1. The molecule has 1 fully saturated rings. The summed E-state index contributed by atoms with van der Waals surface area (Å²) in [5, 5.41) is 3.18. The highest BCUT2D eigenvalue weighted by molar-refractivity contribution is 5.85. The van der Waals surface area contributed by atoms with Gasteiger partial charge in [-0.2, -0.15) is 0 Å². The Morgan fingerprint density at radius 3 is 2.28 bits per heavy atom. The highest BCUT2D eigenvalue weighted by Crippen LogP contribution is 2.42. The molecule has 0 aromatic heterocycles. The molecule has 0 spiro atoms. The van der Waals surface area contributed by atoms with E-state index in [0.717, 1.165) is 29.9 Å². The van der Waals surface area contributed by atoms with Gasteiger partial charge >= 0.3 is 0 Å². The van der Waals surface area contributed by atoms with Crippen LogP contribution >= 0.6 is 12.4 Å². The molecule has 0 heterocycles. The lowest BCUT2D eigenvalue weighted by atomic mass is 9.69. The predicted molar refractivity (Wildman–Crippen MR) is 119 cm³/mol. The molecule has 1 saturated carbocycles. The number of nitrogens with one attached hydrogen (secondary N) is 1. The van der Waals surface area contributed by atoms with Crippen LogP contribution in [0.4, 0.5) is 5.69 Å². The predicted octanol–water partition coefficient (Wildman–Crippen LogP) is 4.27. The highest BCUT2D eigenvalue weighted by atomic mass is 35.5. The van der Waals surface area contributed by atoms with Crippen LogP contribution in [0.25, 0.3) is 0 Å². The van der Waals surface area contributed by atoms with Crippen molar-refractivity contribution in [1.29, 1.82) is 0 Å². The fraction of sp³-hybridized carbons (Fsp3) is 0.435. The number of benzene rings is 2. The van der Waals surface area contributed by atoms with Gasteiger partial charge in [-0.1, -0.05) is 37.5 Å². The Morgan fingerprint density at radius 2 is 1.66 bits per heavy atom. The van der Waals surface area contributed by atoms with Crippen molar-refractivity contribution >= 4 is 24.0 Å². The van der Waals surface area contributed by atoms with Gasteiger partial charge in [0.1, 0.15) is 0 Å². The Kier molecular flexibility index (Phi) is 8.21. The first-order chi connectivity index (χ1) is 13.6. The zero-order chi connectivity index (χ0) is 20.0. The molecule has 1 aliphatic carbocycles. The Morgan fingerprint density at radius 1 is 1.00 bits per heavy atom. The maximum absolute atomic E-state index is 12.6. The average Bonchev–Trinajstić information content (AvgIpc) is 2.74. The van der Waals surface area contributed by atoms with E-state index in [9.17, 15) is 4.79 Å². The summed E-state index contributed by atoms with van der Waals surface area (Å²) in [5.41, 5.74) is 8.54. The molecule has 6 heteroatoms. The molecule has 5 nitrogen and oxygen atoms in total. The number of ether oxygens (including phenoxy) is 2. The van der Waals surface area contributed by atoms with Crippen molar-refractivity contribution in [1.82, 2.24) is 5.32 Å². The van der Waals surface area contributed by atoms with Crippen LogP contribution in [0.15, 0.2) is 42.5 Å². The van der Waals surface area contributed by atoms with Gasteiger partial charge in [0.2, 0.25) is 5.91 Å². The van der Waals surface area contributed by atoms with Crippen LogP contribution in [0, 0.1) is 0 Å². The highest BCUT2D eigenvalue weighted by Gasteiger charge is 2.35. The number of nitrogens with two attached hydrogens (primary N) is 1. The van der Waals surface area contributed by atoms with Gasteiger partial charge in [-0.3, -0.25) is 4.79 Å². The Hall–Kier alpha value is -2.40. The van der Waals surface area contributed by atoms with E-state index in [1.807, 2.05) is 30.3 Å². The zero-order valence-electron chi connectivity index (χ0n) is 17.2. The first kappa shape index (κ1) is 22.9. The molecule has 0 unspecified atom stereocenters. The maximum atomic E-state index is 12.6.